The Morgan fingerprint density at radius 3 is 2.73 bits per heavy atom. The summed E-state index contributed by atoms with van der Waals surface area (Å²) < 4.78 is 6.06. The second-order valence-electron chi connectivity index (χ2n) is 8.02. The number of halogens is 1. The number of ether oxygens (including phenoxy) is 1. The molecule has 0 spiro atoms. The Balaban J connectivity index is 0.00000450. The van der Waals surface area contributed by atoms with Crippen molar-refractivity contribution < 1.29 is 4.74 Å². The van der Waals surface area contributed by atoms with E-state index in [1.54, 1.807) is 0 Å². The minimum absolute atomic E-state index is 0. The fourth-order valence-corrected chi connectivity index (χ4v) is 3.53. The van der Waals surface area contributed by atoms with Gasteiger partial charge in [-0.2, -0.15) is 0 Å². The third-order valence-corrected chi connectivity index (χ3v) is 5.43. The number of aryl methyl sites for hydroxylation is 1. The van der Waals surface area contributed by atoms with Crippen molar-refractivity contribution in [1.29, 1.82) is 0 Å². The summed E-state index contributed by atoms with van der Waals surface area (Å²) >= 11 is 0. The largest absolute Gasteiger partial charge is 0.493 e. The zero-order valence-corrected chi connectivity index (χ0v) is 21.7. The molecule has 1 aliphatic rings. The first-order valence-electron chi connectivity index (χ1n) is 11.2. The first-order chi connectivity index (χ1) is 14.1. The summed E-state index contributed by atoms with van der Waals surface area (Å²) in [5.74, 6) is 1.83. The summed E-state index contributed by atoms with van der Waals surface area (Å²) in [6, 6.07) is 6.43. The number of aliphatic imine (C=N–C) groups is 1. The molecule has 1 heterocycles. The zero-order valence-electron chi connectivity index (χ0n) is 19.4. The first kappa shape index (κ1) is 27.0. The predicted octanol–water partition coefficient (Wildman–Crippen LogP) is 3.48. The molecule has 2 N–H and O–H groups in total. The molecule has 0 bridgehead atoms. The molecule has 0 amide bonds. The Morgan fingerprint density at radius 1 is 1.13 bits per heavy atom. The maximum Gasteiger partial charge on any atom is 0.191 e. The number of benzene rings is 1. The number of nitrogens with one attached hydrogen (secondary N) is 2. The summed E-state index contributed by atoms with van der Waals surface area (Å²) in [7, 11) is 4.04. The van der Waals surface area contributed by atoms with Gasteiger partial charge in [0.15, 0.2) is 5.96 Å². The van der Waals surface area contributed by atoms with Crippen LogP contribution in [0.4, 0.5) is 0 Å². The molecule has 172 valence electrons. The average molecular weight is 532 g/mol. The van der Waals surface area contributed by atoms with Crippen molar-refractivity contribution in [3.8, 4) is 5.75 Å². The fraction of sp³-hybridized carbons (Fsp3) is 0.696. The van der Waals surface area contributed by atoms with Crippen LogP contribution < -0.4 is 15.4 Å². The highest BCUT2D eigenvalue weighted by Gasteiger charge is 2.12. The molecule has 1 saturated heterocycles. The second-order valence-corrected chi connectivity index (χ2v) is 8.02. The number of unbranched alkanes of at least 4 members (excludes halogenated alkanes) is 2. The van der Waals surface area contributed by atoms with Crippen LogP contribution in [0.15, 0.2) is 23.2 Å². The van der Waals surface area contributed by atoms with Crippen LogP contribution >= 0.6 is 24.0 Å². The maximum absolute atomic E-state index is 6.06. The van der Waals surface area contributed by atoms with Crippen molar-refractivity contribution in [3.63, 3.8) is 0 Å². The molecule has 0 unspecified atom stereocenters. The van der Waals surface area contributed by atoms with E-state index in [1.165, 1.54) is 43.5 Å². The van der Waals surface area contributed by atoms with Gasteiger partial charge in [0, 0.05) is 45.3 Å². The number of guanidine groups is 1. The van der Waals surface area contributed by atoms with Crippen molar-refractivity contribution in [2.24, 2.45) is 4.99 Å². The van der Waals surface area contributed by atoms with Gasteiger partial charge in [-0.15, -0.1) is 24.0 Å². The fourth-order valence-electron chi connectivity index (χ4n) is 3.53. The van der Waals surface area contributed by atoms with E-state index in [1.807, 2.05) is 7.05 Å². The van der Waals surface area contributed by atoms with Gasteiger partial charge in [0.05, 0.1) is 6.61 Å². The van der Waals surface area contributed by atoms with Crippen molar-refractivity contribution >= 4 is 29.9 Å². The summed E-state index contributed by atoms with van der Waals surface area (Å²) in [5, 5.41) is 6.89. The summed E-state index contributed by atoms with van der Waals surface area (Å²) in [6.07, 6.45) is 4.77. The lowest BCUT2D eigenvalue weighted by atomic mass is 10.1. The molecule has 1 aromatic carbocycles. The van der Waals surface area contributed by atoms with Crippen molar-refractivity contribution in [2.75, 3.05) is 60.0 Å². The van der Waals surface area contributed by atoms with Gasteiger partial charge < -0.3 is 25.2 Å². The molecule has 0 aromatic heterocycles. The van der Waals surface area contributed by atoms with Crippen molar-refractivity contribution in [3.05, 3.63) is 29.3 Å². The van der Waals surface area contributed by atoms with Crippen LogP contribution in [0.25, 0.3) is 0 Å². The van der Waals surface area contributed by atoms with Gasteiger partial charge in [-0.25, -0.2) is 0 Å². The van der Waals surface area contributed by atoms with Crippen molar-refractivity contribution in [2.45, 2.75) is 46.1 Å². The molecule has 1 aromatic rings. The molecular formula is C23H42IN5O. The van der Waals surface area contributed by atoms with Gasteiger partial charge >= 0.3 is 0 Å². The quantitative estimate of drug-likeness (QED) is 0.210. The molecule has 1 aliphatic heterocycles. The highest BCUT2D eigenvalue weighted by atomic mass is 127. The van der Waals surface area contributed by atoms with E-state index in [9.17, 15) is 0 Å². The lowest BCUT2D eigenvalue weighted by Crippen LogP contribution is -2.42. The molecule has 1 fully saturated rings. The van der Waals surface area contributed by atoms with E-state index in [-0.39, 0.29) is 24.0 Å². The van der Waals surface area contributed by atoms with Gasteiger partial charge in [-0.1, -0.05) is 31.9 Å². The normalized spacial score (nSPS) is 15.9. The van der Waals surface area contributed by atoms with E-state index in [0.717, 1.165) is 50.9 Å². The lowest BCUT2D eigenvalue weighted by Gasteiger charge is -2.21. The van der Waals surface area contributed by atoms with E-state index in [2.05, 4.69) is 64.5 Å². The van der Waals surface area contributed by atoms with Gasteiger partial charge in [0.1, 0.15) is 5.75 Å². The zero-order chi connectivity index (χ0) is 20.9. The molecular weight excluding hydrogens is 489 g/mol. The van der Waals surface area contributed by atoms with Crippen LogP contribution in [-0.2, 0) is 6.54 Å². The molecule has 0 saturated carbocycles. The summed E-state index contributed by atoms with van der Waals surface area (Å²) in [5.41, 5.74) is 2.40. The first-order valence-corrected chi connectivity index (χ1v) is 11.2. The Hall–Kier alpha value is -1.06. The van der Waals surface area contributed by atoms with E-state index in [4.69, 9.17) is 4.74 Å². The Morgan fingerprint density at radius 2 is 1.97 bits per heavy atom. The molecule has 6 nitrogen and oxygen atoms in total. The number of hydrogen-bond acceptors (Lipinski definition) is 4. The predicted molar refractivity (Wildman–Crippen MR) is 138 cm³/mol. The summed E-state index contributed by atoms with van der Waals surface area (Å²) in [4.78, 5) is 9.32. The number of rotatable bonds is 10. The van der Waals surface area contributed by atoms with Gasteiger partial charge in [0.25, 0.3) is 0 Å². The Kier molecular flexibility index (Phi) is 14.1. The van der Waals surface area contributed by atoms with Gasteiger partial charge in [0.2, 0.25) is 0 Å². The highest BCUT2D eigenvalue weighted by Crippen LogP contribution is 2.20. The molecule has 7 heteroatoms. The monoisotopic (exact) mass is 531 g/mol. The highest BCUT2D eigenvalue weighted by molar-refractivity contribution is 14.0. The van der Waals surface area contributed by atoms with Crippen LogP contribution in [0.3, 0.4) is 0 Å². The van der Waals surface area contributed by atoms with Crippen LogP contribution in [0.5, 0.6) is 5.75 Å². The number of hydrogen-bond donors (Lipinski definition) is 2. The smallest absolute Gasteiger partial charge is 0.191 e. The molecule has 0 radical (unpaired) electrons. The van der Waals surface area contributed by atoms with Crippen molar-refractivity contribution in [1.82, 2.24) is 20.4 Å². The minimum atomic E-state index is 0. The minimum Gasteiger partial charge on any atom is -0.493 e. The standard InChI is InChI=1S/C23H41N5O.HI/c1-5-6-7-17-29-22-18-20(2)9-10-21(22)19-26-23(24-3)25-11-14-28-13-8-12-27(4)15-16-28;/h9-10,18H,5-8,11-17,19H2,1-4H3,(H2,24,25,26);1H. The number of nitrogens with zero attached hydrogens (tertiary/aromatic N) is 3. The van der Waals surface area contributed by atoms with Crippen LogP contribution in [0.1, 0.15) is 43.7 Å². The van der Waals surface area contributed by atoms with E-state index < -0.39 is 0 Å². The maximum atomic E-state index is 6.06. The van der Waals surface area contributed by atoms with Gasteiger partial charge in [-0.05, 0) is 51.5 Å². The van der Waals surface area contributed by atoms with Crippen LogP contribution in [0, 0.1) is 6.92 Å². The Labute approximate surface area is 200 Å². The summed E-state index contributed by atoms with van der Waals surface area (Å²) in [6.45, 7) is 12.4. The molecule has 30 heavy (non-hydrogen) atoms. The van der Waals surface area contributed by atoms with Crippen LogP contribution in [-0.4, -0.2) is 75.7 Å². The van der Waals surface area contributed by atoms with Gasteiger partial charge in [-0.3, -0.25) is 4.99 Å². The van der Waals surface area contributed by atoms with E-state index >= 15 is 0 Å². The second kappa shape index (κ2) is 15.7. The Bertz CT molecular complexity index is 626. The molecule has 2 rings (SSSR count). The third kappa shape index (κ3) is 10.3. The lowest BCUT2D eigenvalue weighted by molar-refractivity contribution is 0.280. The van der Waals surface area contributed by atoms with E-state index in [0.29, 0.717) is 6.54 Å². The number of likely N-dealkylation sites (N-methyl/N-ethyl adjacent to an activating group) is 1. The SMILES string of the molecule is CCCCCOc1cc(C)ccc1CNC(=NC)NCCN1CCCN(C)CC1.I. The third-order valence-electron chi connectivity index (χ3n) is 5.43. The topological polar surface area (TPSA) is 52.1 Å². The average Bonchev–Trinajstić information content (AvgIpc) is 2.93. The molecule has 0 aliphatic carbocycles. The van der Waals surface area contributed by atoms with Crippen LogP contribution in [0.2, 0.25) is 0 Å². The molecule has 0 atom stereocenters.